The predicted molar refractivity (Wildman–Crippen MR) is 85.5 cm³/mol. The largest absolute Gasteiger partial charge is 0.353 e. The molecule has 0 aromatic carbocycles. The second-order valence-corrected chi connectivity index (χ2v) is 5.86. The summed E-state index contributed by atoms with van der Waals surface area (Å²) < 4.78 is 2.96. The van der Waals surface area contributed by atoms with Crippen LogP contribution < -0.4 is 15.8 Å². The minimum atomic E-state index is -0.134. The van der Waals surface area contributed by atoms with Crippen molar-refractivity contribution in [2.75, 3.05) is 18.0 Å². The molecule has 1 fully saturated rings. The lowest BCUT2D eigenvalue weighted by Gasteiger charge is -2.18. The van der Waals surface area contributed by atoms with E-state index in [1.54, 1.807) is 31.0 Å². The van der Waals surface area contributed by atoms with Gasteiger partial charge in [0.05, 0.1) is 11.3 Å². The van der Waals surface area contributed by atoms with Crippen LogP contribution in [0.3, 0.4) is 0 Å². The third-order valence-corrected chi connectivity index (χ3v) is 4.05. The van der Waals surface area contributed by atoms with E-state index in [2.05, 4.69) is 20.4 Å². The molecule has 0 bridgehead atoms. The van der Waals surface area contributed by atoms with E-state index in [9.17, 15) is 9.59 Å². The first-order chi connectivity index (χ1) is 10.9. The third kappa shape index (κ3) is 3.10. The minimum Gasteiger partial charge on any atom is -0.353 e. The lowest BCUT2D eigenvalue weighted by atomic mass is 10.2. The van der Waals surface area contributed by atoms with Crippen molar-refractivity contribution >= 4 is 11.7 Å². The first kappa shape index (κ1) is 15.3. The van der Waals surface area contributed by atoms with Gasteiger partial charge in [0.1, 0.15) is 5.82 Å². The molecule has 1 aliphatic rings. The second-order valence-electron chi connectivity index (χ2n) is 5.86. The number of amides is 1. The zero-order chi connectivity index (χ0) is 16.6. The van der Waals surface area contributed by atoms with Crippen LogP contribution in [0.2, 0.25) is 0 Å². The van der Waals surface area contributed by atoms with Gasteiger partial charge in [0, 0.05) is 45.5 Å². The maximum absolute atomic E-state index is 12.3. The molecule has 1 aliphatic heterocycles. The van der Waals surface area contributed by atoms with Crippen LogP contribution in [0.4, 0.5) is 5.82 Å². The van der Waals surface area contributed by atoms with Crippen LogP contribution in [-0.2, 0) is 14.1 Å². The highest BCUT2D eigenvalue weighted by Gasteiger charge is 2.26. The van der Waals surface area contributed by atoms with Crippen LogP contribution in [-0.4, -0.2) is 44.6 Å². The molecule has 1 atom stereocenters. The van der Waals surface area contributed by atoms with Gasteiger partial charge in [0.25, 0.3) is 11.5 Å². The summed E-state index contributed by atoms with van der Waals surface area (Å²) in [7, 11) is 3.43. The molecule has 1 unspecified atom stereocenters. The van der Waals surface area contributed by atoms with E-state index in [1.165, 1.54) is 10.7 Å². The van der Waals surface area contributed by atoms with Crippen LogP contribution in [0.1, 0.15) is 22.5 Å². The number of nitrogens with one attached hydrogen (secondary N) is 1. The number of aromatic nitrogens is 4. The van der Waals surface area contributed by atoms with Crippen LogP contribution >= 0.6 is 0 Å². The summed E-state index contributed by atoms with van der Waals surface area (Å²) in [5.41, 5.74) is 1.19. The molecule has 2 aromatic heterocycles. The molecule has 1 amide bonds. The molecule has 23 heavy (non-hydrogen) atoms. The molecule has 0 radical (unpaired) electrons. The van der Waals surface area contributed by atoms with E-state index in [0.29, 0.717) is 12.1 Å². The minimum absolute atomic E-state index is 0.0566. The predicted octanol–water partition coefficient (Wildman–Crippen LogP) is -0.169. The van der Waals surface area contributed by atoms with Gasteiger partial charge in [-0.15, -0.1) is 0 Å². The summed E-state index contributed by atoms with van der Waals surface area (Å²) >= 11 is 0. The van der Waals surface area contributed by atoms with Crippen LogP contribution in [0.15, 0.2) is 23.1 Å². The van der Waals surface area contributed by atoms with E-state index in [4.69, 9.17) is 0 Å². The third-order valence-electron chi connectivity index (χ3n) is 4.05. The van der Waals surface area contributed by atoms with Gasteiger partial charge in [-0.3, -0.25) is 14.3 Å². The molecule has 122 valence electrons. The molecule has 0 aliphatic carbocycles. The van der Waals surface area contributed by atoms with Crippen LogP contribution in [0.5, 0.6) is 0 Å². The van der Waals surface area contributed by atoms with E-state index in [-0.39, 0.29) is 17.5 Å². The van der Waals surface area contributed by atoms with E-state index in [0.717, 1.165) is 24.5 Å². The Bertz CT molecular complexity index is 794. The van der Waals surface area contributed by atoms with E-state index in [1.807, 2.05) is 6.92 Å². The smallest absolute Gasteiger partial charge is 0.266 e. The van der Waals surface area contributed by atoms with Gasteiger partial charge < -0.3 is 10.2 Å². The molecular formula is C15H20N6O2. The molecule has 3 heterocycles. The zero-order valence-corrected chi connectivity index (χ0v) is 13.5. The Balaban J connectivity index is 1.65. The van der Waals surface area contributed by atoms with Crippen LogP contribution in [0, 0.1) is 6.92 Å². The fourth-order valence-electron chi connectivity index (χ4n) is 2.83. The number of anilines is 1. The lowest BCUT2D eigenvalue weighted by Crippen LogP contribution is -2.37. The first-order valence-electron chi connectivity index (χ1n) is 7.54. The van der Waals surface area contributed by atoms with Crippen molar-refractivity contribution in [3.05, 3.63) is 39.9 Å². The van der Waals surface area contributed by atoms with Gasteiger partial charge in [0.2, 0.25) is 0 Å². The Morgan fingerprint density at radius 1 is 1.30 bits per heavy atom. The van der Waals surface area contributed by atoms with Crippen LogP contribution in [0.25, 0.3) is 0 Å². The summed E-state index contributed by atoms with van der Waals surface area (Å²) in [6, 6.07) is 3.28. The zero-order valence-electron chi connectivity index (χ0n) is 13.5. The number of hydrogen-bond acceptors (Lipinski definition) is 5. The van der Waals surface area contributed by atoms with Crippen molar-refractivity contribution in [3.63, 3.8) is 0 Å². The van der Waals surface area contributed by atoms with Crippen molar-refractivity contribution in [1.29, 1.82) is 0 Å². The Labute approximate surface area is 133 Å². The molecule has 0 saturated carbocycles. The van der Waals surface area contributed by atoms with Gasteiger partial charge in [-0.05, 0) is 19.4 Å². The average Bonchev–Trinajstić information content (AvgIpc) is 3.08. The summed E-state index contributed by atoms with van der Waals surface area (Å²) in [6.45, 7) is 3.29. The lowest BCUT2D eigenvalue weighted by molar-refractivity contribution is 0.0939. The van der Waals surface area contributed by atoms with Crippen molar-refractivity contribution < 1.29 is 4.79 Å². The van der Waals surface area contributed by atoms with Gasteiger partial charge in [-0.1, -0.05) is 0 Å². The number of aryl methyl sites for hydroxylation is 3. The van der Waals surface area contributed by atoms with Gasteiger partial charge in [-0.2, -0.15) is 10.2 Å². The average molecular weight is 316 g/mol. The molecule has 2 aromatic rings. The quantitative estimate of drug-likeness (QED) is 0.850. The van der Waals surface area contributed by atoms with Crippen molar-refractivity contribution in [2.45, 2.75) is 19.4 Å². The maximum Gasteiger partial charge on any atom is 0.266 e. The van der Waals surface area contributed by atoms with Crippen molar-refractivity contribution in [2.24, 2.45) is 14.1 Å². The number of nitrogens with zero attached hydrogens (tertiary/aromatic N) is 5. The van der Waals surface area contributed by atoms with E-state index < -0.39 is 0 Å². The number of rotatable bonds is 3. The van der Waals surface area contributed by atoms with Gasteiger partial charge in [-0.25, -0.2) is 4.68 Å². The molecule has 8 nitrogen and oxygen atoms in total. The summed E-state index contributed by atoms with van der Waals surface area (Å²) in [4.78, 5) is 25.8. The number of hydrogen-bond donors (Lipinski definition) is 1. The Morgan fingerprint density at radius 2 is 2.09 bits per heavy atom. The first-order valence-corrected chi connectivity index (χ1v) is 7.54. The van der Waals surface area contributed by atoms with Crippen molar-refractivity contribution in [3.8, 4) is 0 Å². The van der Waals surface area contributed by atoms with Gasteiger partial charge >= 0.3 is 0 Å². The summed E-state index contributed by atoms with van der Waals surface area (Å²) in [5.74, 6) is 0.650. The van der Waals surface area contributed by atoms with Crippen molar-refractivity contribution in [1.82, 2.24) is 24.9 Å². The monoisotopic (exact) mass is 316 g/mol. The normalized spacial score (nSPS) is 17.5. The summed E-state index contributed by atoms with van der Waals surface area (Å²) in [5, 5.41) is 11.5. The van der Waals surface area contributed by atoms with Gasteiger partial charge in [0.15, 0.2) is 0 Å². The Hall–Kier alpha value is -2.64. The standard InChI is InChI=1S/C15H20N6O2/c1-10-12(9-19(2)17-10)15(23)16-11-6-7-21(8-11)13-4-5-14(22)20(3)18-13/h4-5,9,11H,6-8H2,1-3H3,(H,16,23). The topological polar surface area (TPSA) is 85.0 Å². The second kappa shape index (κ2) is 5.86. The Morgan fingerprint density at radius 3 is 2.74 bits per heavy atom. The molecule has 8 heteroatoms. The highest BCUT2D eigenvalue weighted by atomic mass is 16.2. The molecule has 3 rings (SSSR count). The number of carbonyl (C=O) groups excluding carboxylic acids is 1. The SMILES string of the molecule is Cc1nn(C)cc1C(=O)NC1CCN(c2ccc(=O)n(C)n2)C1. The number of carbonyl (C=O) groups is 1. The molecule has 0 spiro atoms. The Kier molecular flexibility index (Phi) is 3.89. The fraction of sp³-hybridized carbons (Fsp3) is 0.467. The molecule has 1 N–H and O–H groups in total. The maximum atomic E-state index is 12.3. The highest BCUT2D eigenvalue weighted by molar-refractivity contribution is 5.95. The molecular weight excluding hydrogens is 296 g/mol. The highest BCUT2D eigenvalue weighted by Crippen LogP contribution is 2.17. The van der Waals surface area contributed by atoms with E-state index >= 15 is 0 Å². The molecule has 1 saturated heterocycles. The fourth-order valence-corrected chi connectivity index (χ4v) is 2.83. The summed E-state index contributed by atoms with van der Waals surface area (Å²) in [6.07, 6.45) is 2.57.